The third-order valence-corrected chi connectivity index (χ3v) is 3.67. The molecule has 0 amide bonds. The number of para-hydroxylation sites is 1. The van der Waals surface area contributed by atoms with Gasteiger partial charge in [0.25, 0.3) is 5.69 Å². The van der Waals surface area contributed by atoms with Crippen LogP contribution in [0.1, 0.15) is 19.8 Å². The van der Waals surface area contributed by atoms with Crippen molar-refractivity contribution in [1.82, 2.24) is 0 Å². The fourth-order valence-corrected chi connectivity index (χ4v) is 2.75. The van der Waals surface area contributed by atoms with Gasteiger partial charge in [0.1, 0.15) is 5.69 Å². The van der Waals surface area contributed by atoms with E-state index in [0.29, 0.717) is 17.3 Å². The van der Waals surface area contributed by atoms with Gasteiger partial charge < -0.3 is 10.6 Å². The Bertz CT molecular complexity index is 467. The van der Waals surface area contributed by atoms with Gasteiger partial charge in [-0.1, -0.05) is 17.7 Å². The van der Waals surface area contributed by atoms with Crippen LogP contribution in [0, 0.1) is 10.1 Å². The number of nitro benzene ring substituents is 1. The first-order valence-corrected chi connectivity index (χ1v) is 6.33. The van der Waals surface area contributed by atoms with Crippen molar-refractivity contribution in [2.75, 3.05) is 11.4 Å². The van der Waals surface area contributed by atoms with Gasteiger partial charge in [-0.3, -0.25) is 10.1 Å². The molecule has 0 saturated carbocycles. The smallest absolute Gasteiger partial charge is 0.294 e. The Labute approximate surface area is 111 Å². The molecule has 0 bridgehead atoms. The van der Waals surface area contributed by atoms with Crippen molar-refractivity contribution >= 4 is 23.0 Å². The average Bonchev–Trinajstić information content (AvgIpc) is 2.29. The predicted octanol–water partition coefficient (Wildman–Crippen LogP) is 2.56. The lowest BCUT2D eigenvalue weighted by Gasteiger charge is -2.38. The molecule has 2 N–H and O–H groups in total. The van der Waals surface area contributed by atoms with E-state index in [2.05, 4.69) is 0 Å². The summed E-state index contributed by atoms with van der Waals surface area (Å²) in [4.78, 5) is 12.7. The molecule has 1 aromatic carbocycles. The van der Waals surface area contributed by atoms with Gasteiger partial charge in [-0.2, -0.15) is 0 Å². The molecule has 0 aliphatic carbocycles. The Morgan fingerprint density at radius 2 is 2.28 bits per heavy atom. The lowest BCUT2D eigenvalue weighted by atomic mass is 9.98. The van der Waals surface area contributed by atoms with Gasteiger partial charge in [-0.25, -0.2) is 0 Å². The van der Waals surface area contributed by atoms with E-state index in [0.717, 1.165) is 12.8 Å². The molecule has 1 aliphatic rings. The van der Waals surface area contributed by atoms with Crippen LogP contribution in [-0.4, -0.2) is 23.6 Å². The van der Waals surface area contributed by atoms with Gasteiger partial charge in [0.05, 0.1) is 9.95 Å². The quantitative estimate of drug-likeness (QED) is 0.661. The van der Waals surface area contributed by atoms with Crippen LogP contribution in [0.15, 0.2) is 18.2 Å². The number of hydrogen-bond donors (Lipinski definition) is 1. The minimum atomic E-state index is -0.386. The molecule has 0 aromatic heterocycles. The standard InChI is InChI=1S/C12H16ClN3O2/c1-8-7-9(14)5-6-15(8)12-10(13)3-2-4-11(12)16(17)18/h2-4,8-9H,5-7,14H2,1H3. The summed E-state index contributed by atoms with van der Waals surface area (Å²) < 4.78 is 0. The maximum absolute atomic E-state index is 11.1. The molecule has 1 aliphatic heterocycles. The second-order valence-electron chi connectivity index (χ2n) is 4.69. The Morgan fingerprint density at radius 3 is 2.89 bits per heavy atom. The molecule has 2 rings (SSSR count). The fourth-order valence-electron chi connectivity index (χ4n) is 2.48. The lowest BCUT2D eigenvalue weighted by Crippen LogP contribution is -2.45. The van der Waals surface area contributed by atoms with Crippen molar-refractivity contribution in [2.45, 2.75) is 31.8 Å². The van der Waals surface area contributed by atoms with Crippen molar-refractivity contribution in [3.63, 3.8) is 0 Å². The van der Waals surface area contributed by atoms with Crippen LogP contribution < -0.4 is 10.6 Å². The topological polar surface area (TPSA) is 72.4 Å². The van der Waals surface area contributed by atoms with Crippen molar-refractivity contribution in [3.05, 3.63) is 33.3 Å². The highest BCUT2D eigenvalue weighted by Gasteiger charge is 2.29. The average molecular weight is 270 g/mol. The minimum absolute atomic E-state index is 0.0600. The van der Waals surface area contributed by atoms with Gasteiger partial charge in [0.15, 0.2) is 0 Å². The zero-order chi connectivity index (χ0) is 13.3. The molecule has 18 heavy (non-hydrogen) atoms. The van der Waals surface area contributed by atoms with Gasteiger partial charge in [0, 0.05) is 24.7 Å². The number of halogens is 1. The normalized spacial score (nSPS) is 24.1. The highest BCUT2D eigenvalue weighted by Crippen LogP contribution is 2.38. The van der Waals surface area contributed by atoms with Gasteiger partial charge >= 0.3 is 0 Å². The molecule has 98 valence electrons. The van der Waals surface area contributed by atoms with Gasteiger partial charge in [0.2, 0.25) is 0 Å². The summed E-state index contributed by atoms with van der Waals surface area (Å²) in [5.41, 5.74) is 6.49. The Balaban J connectivity index is 2.41. The van der Waals surface area contributed by atoms with Crippen LogP contribution in [-0.2, 0) is 0 Å². The molecular weight excluding hydrogens is 254 g/mol. The molecule has 1 aromatic rings. The zero-order valence-corrected chi connectivity index (χ0v) is 10.9. The van der Waals surface area contributed by atoms with E-state index < -0.39 is 0 Å². The molecule has 1 heterocycles. The summed E-state index contributed by atoms with van der Waals surface area (Å²) in [5, 5.41) is 11.5. The SMILES string of the molecule is CC1CC(N)CCN1c1c(Cl)cccc1[N+](=O)[O-]. The summed E-state index contributed by atoms with van der Waals surface area (Å²) in [5.74, 6) is 0. The summed E-state index contributed by atoms with van der Waals surface area (Å²) in [7, 11) is 0. The molecule has 5 nitrogen and oxygen atoms in total. The number of anilines is 1. The monoisotopic (exact) mass is 269 g/mol. The zero-order valence-electron chi connectivity index (χ0n) is 10.2. The van der Waals surface area contributed by atoms with E-state index in [-0.39, 0.29) is 22.7 Å². The molecule has 1 fully saturated rings. The Hall–Kier alpha value is -1.33. The van der Waals surface area contributed by atoms with Crippen LogP contribution >= 0.6 is 11.6 Å². The van der Waals surface area contributed by atoms with Crippen LogP contribution in [0.25, 0.3) is 0 Å². The van der Waals surface area contributed by atoms with E-state index in [1.54, 1.807) is 12.1 Å². The third kappa shape index (κ3) is 2.42. The van der Waals surface area contributed by atoms with E-state index in [4.69, 9.17) is 17.3 Å². The van der Waals surface area contributed by atoms with E-state index in [1.165, 1.54) is 6.07 Å². The van der Waals surface area contributed by atoms with Crippen molar-refractivity contribution in [1.29, 1.82) is 0 Å². The molecule has 2 atom stereocenters. The summed E-state index contributed by atoms with van der Waals surface area (Å²) in [6.07, 6.45) is 1.65. The Morgan fingerprint density at radius 1 is 1.56 bits per heavy atom. The number of nitro groups is 1. The largest absolute Gasteiger partial charge is 0.362 e. The molecule has 2 unspecified atom stereocenters. The van der Waals surface area contributed by atoms with Crippen molar-refractivity contribution < 1.29 is 4.92 Å². The molecule has 1 saturated heterocycles. The second-order valence-corrected chi connectivity index (χ2v) is 5.10. The van der Waals surface area contributed by atoms with E-state index in [1.807, 2.05) is 11.8 Å². The summed E-state index contributed by atoms with van der Waals surface area (Å²) in [6.45, 7) is 2.72. The number of nitrogens with two attached hydrogens (primary N) is 1. The van der Waals surface area contributed by atoms with Crippen LogP contribution in [0.5, 0.6) is 0 Å². The highest BCUT2D eigenvalue weighted by atomic mass is 35.5. The predicted molar refractivity (Wildman–Crippen MR) is 72.1 cm³/mol. The third-order valence-electron chi connectivity index (χ3n) is 3.37. The number of rotatable bonds is 2. The number of hydrogen-bond acceptors (Lipinski definition) is 4. The maximum atomic E-state index is 11.1. The summed E-state index contributed by atoms with van der Waals surface area (Å²) in [6, 6.07) is 5.10. The van der Waals surface area contributed by atoms with Crippen LogP contribution in [0.3, 0.4) is 0 Å². The Kier molecular flexibility index (Phi) is 3.73. The first kappa shape index (κ1) is 13.1. The van der Waals surface area contributed by atoms with Crippen molar-refractivity contribution in [3.8, 4) is 0 Å². The number of nitrogens with zero attached hydrogens (tertiary/aromatic N) is 2. The van der Waals surface area contributed by atoms with Crippen LogP contribution in [0.2, 0.25) is 5.02 Å². The number of benzene rings is 1. The second kappa shape index (κ2) is 5.12. The van der Waals surface area contributed by atoms with Crippen molar-refractivity contribution in [2.24, 2.45) is 5.73 Å². The first-order valence-electron chi connectivity index (χ1n) is 5.96. The van der Waals surface area contributed by atoms with Gasteiger partial charge in [-0.05, 0) is 25.8 Å². The fraction of sp³-hybridized carbons (Fsp3) is 0.500. The van der Waals surface area contributed by atoms with E-state index in [9.17, 15) is 10.1 Å². The molecule has 6 heteroatoms. The number of piperidine rings is 1. The molecular formula is C12H16ClN3O2. The summed E-state index contributed by atoms with van der Waals surface area (Å²) >= 11 is 6.13. The first-order chi connectivity index (χ1) is 8.50. The highest BCUT2D eigenvalue weighted by molar-refractivity contribution is 6.33. The van der Waals surface area contributed by atoms with Crippen LogP contribution in [0.4, 0.5) is 11.4 Å². The lowest BCUT2D eigenvalue weighted by molar-refractivity contribution is -0.384. The molecule has 0 radical (unpaired) electrons. The molecule has 0 spiro atoms. The van der Waals surface area contributed by atoms with Gasteiger partial charge in [-0.15, -0.1) is 0 Å². The minimum Gasteiger partial charge on any atom is -0.362 e. The maximum Gasteiger partial charge on any atom is 0.294 e. The van der Waals surface area contributed by atoms with E-state index >= 15 is 0 Å².